The average Bonchev–Trinajstić information content (AvgIpc) is 2.96. The van der Waals surface area contributed by atoms with Gasteiger partial charge in [0, 0.05) is 11.8 Å². The third kappa shape index (κ3) is 3.36. The first-order chi connectivity index (χ1) is 11.4. The van der Waals surface area contributed by atoms with E-state index in [1.54, 1.807) is 0 Å². The van der Waals surface area contributed by atoms with Crippen molar-refractivity contribution in [3.63, 3.8) is 0 Å². The van der Waals surface area contributed by atoms with Crippen LogP contribution in [0.2, 0.25) is 0 Å². The highest BCUT2D eigenvalue weighted by Gasteiger charge is 2.20. The molecule has 3 aromatic rings. The Bertz CT molecular complexity index is 862. The summed E-state index contributed by atoms with van der Waals surface area (Å²) in [6.07, 6.45) is 1.91. The molecule has 3 rings (SSSR count). The number of Topliss-reactive ketones (excluding diaryl/α,β-unsaturated/α-hetero) is 1. The van der Waals surface area contributed by atoms with Crippen LogP contribution in [-0.4, -0.2) is 25.6 Å². The Kier molecular flexibility index (Phi) is 4.45. The maximum Gasteiger partial charge on any atom is 0.196 e. The zero-order valence-corrected chi connectivity index (χ0v) is 15.2. The zero-order valence-electron chi connectivity index (χ0n) is 14.4. The summed E-state index contributed by atoms with van der Waals surface area (Å²) >= 11 is 1.43. The summed E-state index contributed by atoms with van der Waals surface area (Å²) in [5.41, 5.74) is 2.83. The van der Waals surface area contributed by atoms with Crippen LogP contribution in [0.1, 0.15) is 43.6 Å². The smallest absolute Gasteiger partial charge is 0.196 e. The van der Waals surface area contributed by atoms with Gasteiger partial charge in [0.25, 0.3) is 0 Å². The molecular weight excluding hydrogens is 318 g/mol. The molecule has 0 aliphatic heterocycles. The lowest BCUT2D eigenvalue weighted by Crippen LogP contribution is -2.15. The van der Waals surface area contributed by atoms with Gasteiger partial charge in [-0.1, -0.05) is 62.9 Å². The predicted molar refractivity (Wildman–Crippen MR) is 97.8 cm³/mol. The number of hydrogen-bond donors (Lipinski definition) is 0. The van der Waals surface area contributed by atoms with Gasteiger partial charge in [-0.05, 0) is 30.0 Å². The Morgan fingerprint density at radius 2 is 1.79 bits per heavy atom. The SMILES string of the molecule is CC(Sc1nnc2ccccn12)C(=O)c1ccc(C(C)(C)C)cc1. The minimum Gasteiger partial charge on any atom is -0.293 e. The molecule has 124 valence electrons. The van der Waals surface area contributed by atoms with Gasteiger partial charge in [-0.25, -0.2) is 0 Å². The average molecular weight is 339 g/mol. The lowest BCUT2D eigenvalue weighted by Gasteiger charge is -2.19. The van der Waals surface area contributed by atoms with E-state index in [1.165, 1.54) is 17.3 Å². The van der Waals surface area contributed by atoms with Crippen molar-refractivity contribution >= 4 is 23.2 Å². The number of hydrogen-bond acceptors (Lipinski definition) is 4. The summed E-state index contributed by atoms with van der Waals surface area (Å²) in [5.74, 6) is 0.105. The molecule has 1 unspecified atom stereocenters. The van der Waals surface area contributed by atoms with Crippen molar-refractivity contribution in [3.05, 3.63) is 59.8 Å². The van der Waals surface area contributed by atoms with Gasteiger partial charge in [0.15, 0.2) is 16.6 Å². The van der Waals surface area contributed by atoms with Crippen LogP contribution in [-0.2, 0) is 5.41 Å². The number of thioether (sulfide) groups is 1. The quantitative estimate of drug-likeness (QED) is 0.522. The maximum atomic E-state index is 12.7. The third-order valence-corrected chi connectivity index (χ3v) is 5.03. The normalized spacial score (nSPS) is 13.2. The molecule has 1 atom stereocenters. The van der Waals surface area contributed by atoms with Crippen molar-refractivity contribution in [1.82, 2.24) is 14.6 Å². The molecule has 0 spiro atoms. The van der Waals surface area contributed by atoms with Gasteiger partial charge < -0.3 is 0 Å². The second kappa shape index (κ2) is 6.40. The number of pyridine rings is 1. The fourth-order valence-electron chi connectivity index (χ4n) is 2.48. The van der Waals surface area contributed by atoms with Crippen molar-refractivity contribution in [2.75, 3.05) is 0 Å². The molecular formula is C19H21N3OS. The molecule has 4 nitrogen and oxygen atoms in total. The largest absolute Gasteiger partial charge is 0.293 e. The van der Waals surface area contributed by atoms with Gasteiger partial charge in [0.2, 0.25) is 0 Å². The molecule has 0 amide bonds. The van der Waals surface area contributed by atoms with Crippen molar-refractivity contribution in [2.45, 2.75) is 43.5 Å². The lowest BCUT2D eigenvalue weighted by atomic mass is 9.86. The van der Waals surface area contributed by atoms with Gasteiger partial charge >= 0.3 is 0 Å². The van der Waals surface area contributed by atoms with Crippen molar-refractivity contribution < 1.29 is 4.79 Å². The molecule has 5 heteroatoms. The predicted octanol–water partition coefficient (Wildman–Crippen LogP) is 4.39. The number of benzene rings is 1. The van der Waals surface area contributed by atoms with Gasteiger partial charge in [-0.2, -0.15) is 0 Å². The Morgan fingerprint density at radius 1 is 1.08 bits per heavy atom. The highest BCUT2D eigenvalue weighted by molar-refractivity contribution is 8.00. The Morgan fingerprint density at radius 3 is 2.46 bits per heavy atom. The number of carbonyl (C=O) groups excluding carboxylic acids is 1. The summed E-state index contributed by atoms with van der Waals surface area (Å²) in [5, 5.41) is 8.81. The first-order valence-electron chi connectivity index (χ1n) is 7.97. The summed E-state index contributed by atoms with van der Waals surface area (Å²) in [4.78, 5) is 12.7. The highest BCUT2D eigenvalue weighted by Crippen LogP contribution is 2.26. The van der Waals surface area contributed by atoms with E-state index in [2.05, 4.69) is 31.0 Å². The Hall–Kier alpha value is -2.14. The molecule has 0 saturated heterocycles. The van der Waals surface area contributed by atoms with Gasteiger partial charge in [0.1, 0.15) is 0 Å². The highest BCUT2D eigenvalue weighted by atomic mass is 32.2. The maximum absolute atomic E-state index is 12.7. The molecule has 0 N–H and O–H groups in total. The Labute approximate surface area is 146 Å². The molecule has 1 aromatic carbocycles. The molecule has 24 heavy (non-hydrogen) atoms. The lowest BCUT2D eigenvalue weighted by molar-refractivity contribution is 0.0994. The fourth-order valence-corrected chi connectivity index (χ4v) is 3.40. The number of rotatable bonds is 4. The summed E-state index contributed by atoms with van der Waals surface area (Å²) < 4.78 is 1.90. The third-order valence-electron chi connectivity index (χ3n) is 3.97. The van der Waals surface area contributed by atoms with Crippen LogP contribution in [0.3, 0.4) is 0 Å². The van der Waals surface area contributed by atoms with Crippen molar-refractivity contribution in [2.24, 2.45) is 0 Å². The van der Waals surface area contributed by atoms with Crippen LogP contribution in [0.15, 0.2) is 53.8 Å². The van der Waals surface area contributed by atoms with Gasteiger partial charge in [-0.3, -0.25) is 9.20 Å². The number of fused-ring (bicyclic) bond motifs is 1. The number of aromatic nitrogens is 3. The van der Waals surface area contributed by atoms with Crippen molar-refractivity contribution in [3.8, 4) is 0 Å². The van der Waals surface area contributed by atoms with E-state index in [1.807, 2.05) is 60.0 Å². The van der Waals surface area contributed by atoms with Crippen LogP contribution in [0.25, 0.3) is 5.65 Å². The summed E-state index contributed by atoms with van der Waals surface area (Å²) in [7, 11) is 0. The van der Waals surface area contributed by atoms with E-state index in [0.717, 1.165) is 16.4 Å². The number of carbonyl (C=O) groups is 1. The monoisotopic (exact) mass is 339 g/mol. The van der Waals surface area contributed by atoms with E-state index >= 15 is 0 Å². The minimum atomic E-state index is -0.224. The zero-order chi connectivity index (χ0) is 17.3. The second-order valence-corrected chi connectivity index (χ2v) is 8.17. The summed E-state index contributed by atoms with van der Waals surface area (Å²) in [6, 6.07) is 13.7. The second-order valence-electron chi connectivity index (χ2n) is 6.86. The molecule has 0 saturated carbocycles. The molecule has 0 aliphatic carbocycles. The standard InChI is InChI=1S/C19H21N3OS/c1-13(24-18-21-20-16-7-5-6-12-22(16)18)17(23)14-8-10-15(11-9-14)19(2,3)4/h5-13H,1-4H3. The van der Waals surface area contributed by atoms with E-state index in [4.69, 9.17) is 0 Å². The number of ketones is 1. The van der Waals surface area contributed by atoms with E-state index in [0.29, 0.717) is 0 Å². The number of nitrogens with zero attached hydrogens (tertiary/aromatic N) is 3. The van der Waals surface area contributed by atoms with Gasteiger partial charge in [0.05, 0.1) is 5.25 Å². The fraction of sp³-hybridized carbons (Fsp3) is 0.316. The molecule has 0 bridgehead atoms. The molecule has 0 fully saturated rings. The van der Waals surface area contributed by atoms with Crippen LogP contribution >= 0.6 is 11.8 Å². The Balaban J connectivity index is 1.77. The topological polar surface area (TPSA) is 47.3 Å². The van der Waals surface area contributed by atoms with Crippen LogP contribution in [0.5, 0.6) is 0 Å². The first-order valence-corrected chi connectivity index (χ1v) is 8.85. The van der Waals surface area contributed by atoms with Crippen LogP contribution < -0.4 is 0 Å². The van der Waals surface area contributed by atoms with Gasteiger partial charge in [-0.15, -0.1) is 10.2 Å². The summed E-state index contributed by atoms with van der Waals surface area (Å²) in [6.45, 7) is 8.41. The van der Waals surface area contributed by atoms with Crippen LogP contribution in [0, 0.1) is 0 Å². The molecule has 0 radical (unpaired) electrons. The van der Waals surface area contributed by atoms with E-state index < -0.39 is 0 Å². The van der Waals surface area contributed by atoms with Crippen LogP contribution in [0.4, 0.5) is 0 Å². The van der Waals surface area contributed by atoms with E-state index in [-0.39, 0.29) is 16.4 Å². The minimum absolute atomic E-state index is 0.0857. The first kappa shape index (κ1) is 16.7. The molecule has 0 aliphatic rings. The molecule has 2 aromatic heterocycles. The van der Waals surface area contributed by atoms with Crippen molar-refractivity contribution in [1.29, 1.82) is 0 Å². The molecule has 2 heterocycles. The van der Waals surface area contributed by atoms with E-state index in [9.17, 15) is 4.79 Å².